The Morgan fingerprint density at radius 1 is 1.39 bits per heavy atom. The highest BCUT2D eigenvalue weighted by Gasteiger charge is 2.27. The molecule has 0 bridgehead atoms. The van der Waals surface area contributed by atoms with Crippen molar-refractivity contribution in [2.45, 2.75) is 25.8 Å². The lowest BCUT2D eigenvalue weighted by atomic mass is 10.4. The van der Waals surface area contributed by atoms with Crippen molar-refractivity contribution >= 4 is 5.91 Å². The summed E-state index contributed by atoms with van der Waals surface area (Å²) in [5.74, 6) is 0.202. The van der Waals surface area contributed by atoms with Crippen molar-refractivity contribution in [2.24, 2.45) is 0 Å². The Kier molecular flexibility index (Phi) is 5.41. The van der Waals surface area contributed by atoms with Crippen LogP contribution in [0, 0.1) is 0 Å². The van der Waals surface area contributed by atoms with Crippen LogP contribution in [0.2, 0.25) is 0 Å². The van der Waals surface area contributed by atoms with Crippen LogP contribution in [0.4, 0.5) is 0 Å². The molecule has 2 fully saturated rings. The van der Waals surface area contributed by atoms with Crippen LogP contribution in [0.3, 0.4) is 0 Å². The van der Waals surface area contributed by atoms with E-state index in [-0.39, 0.29) is 5.91 Å². The van der Waals surface area contributed by atoms with E-state index in [2.05, 4.69) is 17.1 Å². The monoisotopic (exact) mass is 255 g/mol. The molecular weight excluding hydrogens is 230 g/mol. The summed E-state index contributed by atoms with van der Waals surface area (Å²) in [5, 5.41) is 3.26. The Morgan fingerprint density at radius 2 is 2.11 bits per heavy atom. The first-order valence-electron chi connectivity index (χ1n) is 7.11. The molecule has 2 aliphatic rings. The second-order valence-electron chi connectivity index (χ2n) is 5.03. The van der Waals surface area contributed by atoms with Gasteiger partial charge in [-0.1, -0.05) is 6.92 Å². The molecule has 104 valence electrons. The van der Waals surface area contributed by atoms with Crippen LogP contribution in [0.15, 0.2) is 0 Å². The highest BCUT2D eigenvalue weighted by atomic mass is 16.5. The maximum Gasteiger partial charge on any atom is 0.236 e. The zero-order valence-electron chi connectivity index (χ0n) is 11.4. The molecule has 0 radical (unpaired) electrons. The Hall–Kier alpha value is -0.650. The molecule has 0 aromatic rings. The summed E-state index contributed by atoms with van der Waals surface area (Å²) in [6.07, 6.45) is 2.70. The largest absolute Gasteiger partial charge is 0.378 e. The first kappa shape index (κ1) is 13.8. The molecule has 5 nitrogen and oxygen atoms in total. The van der Waals surface area contributed by atoms with Crippen molar-refractivity contribution in [3.05, 3.63) is 0 Å². The number of rotatable bonds is 7. The lowest BCUT2D eigenvalue weighted by Crippen LogP contribution is -2.45. The summed E-state index contributed by atoms with van der Waals surface area (Å²) >= 11 is 0. The van der Waals surface area contributed by atoms with Gasteiger partial charge in [0.15, 0.2) is 0 Å². The summed E-state index contributed by atoms with van der Waals surface area (Å²) < 4.78 is 5.23. The third-order valence-electron chi connectivity index (χ3n) is 3.69. The molecule has 2 rings (SSSR count). The number of nitrogens with zero attached hydrogens (tertiary/aromatic N) is 2. The van der Waals surface area contributed by atoms with Gasteiger partial charge in [-0.05, 0) is 19.4 Å². The van der Waals surface area contributed by atoms with E-state index in [1.165, 1.54) is 12.8 Å². The summed E-state index contributed by atoms with van der Waals surface area (Å²) in [5.41, 5.74) is 0. The maximum atomic E-state index is 11.9. The van der Waals surface area contributed by atoms with Gasteiger partial charge < -0.3 is 15.0 Å². The van der Waals surface area contributed by atoms with Gasteiger partial charge in [0, 0.05) is 32.2 Å². The van der Waals surface area contributed by atoms with Crippen molar-refractivity contribution in [2.75, 3.05) is 52.5 Å². The first-order valence-corrected chi connectivity index (χ1v) is 7.11. The number of morpholine rings is 1. The quantitative estimate of drug-likeness (QED) is 0.646. The predicted molar refractivity (Wildman–Crippen MR) is 70.5 cm³/mol. The van der Waals surface area contributed by atoms with Crippen molar-refractivity contribution in [1.82, 2.24) is 15.1 Å². The van der Waals surface area contributed by atoms with E-state index in [9.17, 15) is 4.79 Å². The van der Waals surface area contributed by atoms with Gasteiger partial charge >= 0.3 is 0 Å². The number of likely N-dealkylation sites (N-methyl/N-ethyl adjacent to an activating group) is 1. The number of nitrogens with one attached hydrogen (secondary N) is 1. The van der Waals surface area contributed by atoms with E-state index in [1.54, 1.807) is 0 Å². The molecule has 1 heterocycles. The van der Waals surface area contributed by atoms with Crippen LogP contribution in [-0.4, -0.2) is 74.2 Å². The molecule has 0 unspecified atom stereocenters. The van der Waals surface area contributed by atoms with Crippen LogP contribution >= 0.6 is 0 Å². The van der Waals surface area contributed by atoms with Gasteiger partial charge in [0.25, 0.3) is 0 Å². The van der Waals surface area contributed by atoms with Gasteiger partial charge in [-0.15, -0.1) is 0 Å². The maximum absolute atomic E-state index is 11.9. The summed E-state index contributed by atoms with van der Waals surface area (Å²) in [6.45, 7) is 8.57. The fourth-order valence-electron chi connectivity index (χ4n) is 2.38. The molecule has 18 heavy (non-hydrogen) atoms. The van der Waals surface area contributed by atoms with Gasteiger partial charge in [-0.2, -0.15) is 0 Å². The van der Waals surface area contributed by atoms with E-state index in [0.717, 1.165) is 38.8 Å². The van der Waals surface area contributed by atoms with E-state index in [0.29, 0.717) is 19.8 Å². The highest BCUT2D eigenvalue weighted by molar-refractivity contribution is 5.78. The highest BCUT2D eigenvalue weighted by Crippen LogP contribution is 2.25. The molecule has 1 N–H and O–H groups in total. The third-order valence-corrected chi connectivity index (χ3v) is 3.69. The van der Waals surface area contributed by atoms with Gasteiger partial charge in [-0.3, -0.25) is 9.69 Å². The van der Waals surface area contributed by atoms with E-state index in [4.69, 9.17) is 4.74 Å². The summed E-state index contributed by atoms with van der Waals surface area (Å²) in [7, 11) is 0. The van der Waals surface area contributed by atoms with Gasteiger partial charge in [-0.25, -0.2) is 0 Å². The van der Waals surface area contributed by atoms with Crippen molar-refractivity contribution in [3.63, 3.8) is 0 Å². The number of hydrogen-bond donors (Lipinski definition) is 1. The second-order valence-corrected chi connectivity index (χ2v) is 5.03. The predicted octanol–water partition coefficient (Wildman–Crippen LogP) is -0.0809. The van der Waals surface area contributed by atoms with Gasteiger partial charge in [0.1, 0.15) is 0 Å². The zero-order valence-corrected chi connectivity index (χ0v) is 11.4. The molecule has 1 amide bonds. The molecule has 0 aromatic carbocycles. The SMILES string of the molecule is CCN(CCNCC(=O)N1CCOCC1)C1CC1. The van der Waals surface area contributed by atoms with Gasteiger partial charge in [0.05, 0.1) is 19.8 Å². The fourth-order valence-corrected chi connectivity index (χ4v) is 2.38. The molecule has 0 spiro atoms. The minimum atomic E-state index is 0.202. The van der Waals surface area contributed by atoms with Gasteiger partial charge in [0.2, 0.25) is 5.91 Å². The van der Waals surface area contributed by atoms with Crippen LogP contribution in [0.5, 0.6) is 0 Å². The van der Waals surface area contributed by atoms with E-state index in [1.807, 2.05) is 4.90 Å². The number of carbonyl (C=O) groups is 1. The van der Waals surface area contributed by atoms with E-state index >= 15 is 0 Å². The Morgan fingerprint density at radius 3 is 2.72 bits per heavy atom. The molecule has 0 atom stereocenters. The number of hydrogen-bond acceptors (Lipinski definition) is 4. The molecular formula is C13H25N3O2. The molecule has 5 heteroatoms. The molecule has 0 aromatic heterocycles. The standard InChI is InChI=1S/C13H25N3O2/c1-2-15(12-3-4-12)6-5-14-11-13(17)16-7-9-18-10-8-16/h12,14H,2-11H2,1H3. The number of ether oxygens (including phenoxy) is 1. The molecule has 1 saturated heterocycles. The molecule has 1 aliphatic carbocycles. The summed E-state index contributed by atoms with van der Waals surface area (Å²) in [4.78, 5) is 16.2. The smallest absolute Gasteiger partial charge is 0.236 e. The fraction of sp³-hybridized carbons (Fsp3) is 0.923. The Bertz CT molecular complexity index is 263. The van der Waals surface area contributed by atoms with Crippen LogP contribution in [0.25, 0.3) is 0 Å². The third kappa shape index (κ3) is 4.23. The minimum Gasteiger partial charge on any atom is -0.378 e. The number of carbonyl (C=O) groups excluding carboxylic acids is 1. The topological polar surface area (TPSA) is 44.8 Å². The molecule has 1 saturated carbocycles. The first-order chi connectivity index (χ1) is 8.81. The van der Waals surface area contributed by atoms with Crippen LogP contribution in [0.1, 0.15) is 19.8 Å². The normalized spacial score (nSPS) is 20.4. The minimum absolute atomic E-state index is 0.202. The Balaban J connectivity index is 1.55. The average molecular weight is 255 g/mol. The van der Waals surface area contributed by atoms with E-state index < -0.39 is 0 Å². The van der Waals surface area contributed by atoms with Crippen LogP contribution in [-0.2, 0) is 9.53 Å². The zero-order chi connectivity index (χ0) is 12.8. The lowest BCUT2D eigenvalue weighted by Gasteiger charge is -2.27. The average Bonchev–Trinajstić information content (AvgIpc) is 3.24. The summed E-state index contributed by atoms with van der Waals surface area (Å²) in [6, 6.07) is 0.812. The lowest BCUT2D eigenvalue weighted by molar-refractivity contribution is -0.134. The second kappa shape index (κ2) is 7.07. The van der Waals surface area contributed by atoms with Crippen molar-refractivity contribution in [1.29, 1.82) is 0 Å². The number of amides is 1. The Labute approximate surface area is 109 Å². The van der Waals surface area contributed by atoms with Crippen LogP contribution < -0.4 is 5.32 Å². The molecule has 1 aliphatic heterocycles. The van der Waals surface area contributed by atoms with Crippen molar-refractivity contribution < 1.29 is 9.53 Å². The van der Waals surface area contributed by atoms with Crippen molar-refractivity contribution in [3.8, 4) is 0 Å².